The molecule has 0 radical (unpaired) electrons. The van der Waals surface area contributed by atoms with E-state index in [2.05, 4.69) is 28.2 Å². The largest absolute Gasteiger partial charge is 0.342 e. The second-order valence-electron chi connectivity index (χ2n) is 6.36. The molecule has 0 spiro atoms. The van der Waals surface area contributed by atoms with Crippen molar-refractivity contribution in [3.8, 4) is 0 Å². The van der Waals surface area contributed by atoms with Crippen molar-refractivity contribution in [2.75, 3.05) is 13.1 Å². The van der Waals surface area contributed by atoms with E-state index >= 15 is 0 Å². The van der Waals surface area contributed by atoms with Crippen molar-refractivity contribution in [1.29, 1.82) is 0 Å². The van der Waals surface area contributed by atoms with Crippen molar-refractivity contribution in [2.45, 2.75) is 45.2 Å². The fourth-order valence-corrected chi connectivity index (χ4v) is 3.25. The van der Waals surface area contributed by atoms with Crippen molar-refractivity contribution in [1.82, 2.24) is 15.2 Å². The van der Waals surface area contributed by atoms with Gasteiger partial charge in [0, 0.05) is 44.0 Å². The van der Waals surface area contributed by atoms with Gasteiger partial charge in [-0.3, -0.25) is 9.78 Å². The van der Waals surface area contributed by atoms with Crippen molar-refractivity contribution in [3.05, 3.63) is 30.1 Å². The van der Waals surface area contributed by atoms with Crippen LogP contribution < -0.4 is 5.32 Å². The van der Waals surface area contributed by atoms with Gasteiger partial charge in [-0.2, -0.15) is 0 Å². The van der Waals surface area contributed by atoms with E-state index in [0.717, 1.165) is 45.3 Å². The summed E-state index contributed by atoms with van der Waals surface area (Å²) >= 11 is 0. The summed E-state index contributed by atoms with van der Waals surface area (Å²) in [7, 11) is 0. The van der Waals surface area contributed by atoms with Crippen LogP contribution in [0.1, 0.15) is 38.2 Å². The van der Waals surface area contributed by atoms with E-state index in [4.69, 9.17) is 0 Å². The zero-order chi connectivity index (χ0) is 14.7. The number of piperidine rings is 1. The third-order valence-corrected chi connectivity index (χ3v) is 4.79. The summed E-state index contributed by atoms with van der Waals surface area (Å²) in [6.45, 7) is 4.94. The third-order valence-electron chi connectivity index (χ3n) is 4.79. The van der Waals surface area contributed by atoms with Gasteiger partial charge < -0.3 is 10.2 Å². The van der Waals surface area contributed by atoms with Gasteiger partial charge in [0.1, 0.15) is 0 Å². The first-order valence-corrected chi connectivity index (χ1v) is 8.19. The lowest BCUT2D eigenvalue weighted by molar-refractivity contribution is -0.134. The normalized spacial score (nSPS) is 25.9. The Kier molecular flexibility index (Phi) is 4.54. The molecule has 4 heteroatoms. The zero-order valence-corrected chi connectivity index (χ0v) is 12.8. The van der Waals surface area contributed by atoms with E-state index < -0.39 is 0 Å². The highest BCUT2D eigenvalue weighted by atomic mass is 16.2. The summed E-state index contributed by atoms with van der Waals surface area (Å²) in [5.41, 5.74) is 1.23. The Hall–Kier alpha value is -1.42. The molecule has 1 aromatic rings. The summed E-state index contributed by atoms with van der Waals surface area (Å²) in [6.07, 6.45) is 8.13. The molecule has 1 aliphatic heterocycles. The summed E-state index contributed by atoms with van der Waals surface area (Å²) in [5, 5.41) is 3.67. The average molecular weight is 287 g/mol. The van der Waals surface area contributed by atoms with Crippen molar-refractivity contribution in [2.24, 2.45) is 11.8 Å². The molecule has 1 saturated carbocycles. The highest BCUT2D eigenvalue weighted by Gasteiger charge is 2.37. The van der Waals surface area contributed by atoms with Gasteiger partial charge >= 0.3 is 0 Å². The SMILES string of the molecule is CC[C@H]1CN(C(=O)C2CC2)CC[C@H]1NCc1cccnc1. The van der Waals surface area contributed by atoms with Crippen molar-refractivity contribution in [3.63, 3.8) is 0 Å². The average Bonchev–Trinajstić information content (AvgIpc) is 3.38. The Morgan fingerprint density at radius 2 is 2.29 bits per heavy atom. The Morgan fingerprint density at radius 1 is 1.43 bits per heavy atom. The number of hydrogen-bond acceptors (Lipinski definition) is 3. The molecular formula is C17H25N3O. The number of hydrogen-bond donors (Lipinski definition) is 1. The maximum Gasteiger partial charge on any atom is 0.225 e. The van der Waals surface area contributed by atoms with Crippen LogP contribution in [0.4, 0.5) is 0 Å². The molecule has 114 valence electrons. The van der Waals surface area contributed by atoms with E-state index in [1.165, 1.54) is 5.56 Å². The minimum atomic E-state index is 0.349. The molecule has 1 amide bonds. The van der Waals surface area contributed by atoms with Crippen LogP contribution in [0.5, 0.6) is 0 Å². The van der Waals surface area contributed by atoms with Crippen molar-refractivity contribution < 1.29 is 4.79 Å². The lowest BCUT2D eigenvalue weighted by atomic mass is 9.89. The molecule has 21 heavy (non-hydrogen) atoms. The number of pyridine rings is 1. The van der Waals surface area contributed by atoms with E-state index in [1.807, 2.05) is 12.3 Å². The predicted molar refractivity (Wildman–Crippen MR) is 82.6 cm³/mol. The van der Waals surface area contributed by atoms with Crippen LogP contribution in [0.2, 0.25) is 0 Å². The number of carbonyl (C=O) groups excluding carboxylic acids is 1. The van der Waals surface area contributed by atoms with Gasteiger partial charge in [-0.05, 0) is 36.8 Å². The first-order chi connectivity index (χ1) is 10.3. The number of aromatic nitrogens is 1. The Balaban J connectivity index is 1.53. The van der Waals surface area contributed by atoms with Gasteiger partial charge in [-0.15, -0.1) is 0 Å². The number of rotatable bonds is 5. The first kappa shape index (κ1) is 14.5. The molecule has 1 aliphatic carbocycles. The lowest BCUT2D eigenvalue weighted by Gasteiger charge is -2.39. The summed E-state index contributed by atoms with van der Waals surface area (Å²) in [4.78, 5) is 18.5. The third kappa shape index (κ3) is 3.62. The molecule has 0 aromatic carbocycles. The Labute approximate surface area is 126 Å². The summed E-state index contributed by atoms with van der Waals surface area (Å²) < 4.78 is 0. The maximum atomic E-state index is 12.2. The van der Waals surface area contributed by atoms with E-state index in [0.29, 0.717) is 23.8 Å². The van der Waals surface area contributed by atoms with Crippen LogP contribution in [0.15, 0.2) is 24.5 Å². The molecule has 2 atom stereocenters. The van der Waals surface area contributed by atoms with Gasteiger partial charge in [0.25, 0.3) is 0 Å². The second-order valence-corrected chi connectivity index (χ2v) is 6.36. The van der Waals surface area contributed by atoms with Gasteiger partial charge in [-0.25, -0.2) is 0 Å². The van der Waals surface area contributed by atoms with Crippen LogP contribution >= 0.6 is 0 Å². The lowest BCUT2D eigenvalue weighted by Crippen LogP contribution is -2.51. The number of carbonyl (C=O) groups is 1. The van der Waals surface area contributed by atoms with E-state index in [-0.39, 0.29) is 0 Å². The number of amides is 1. The van der Waals surface area contributed by atoms with Gasteiger partial charge in [0.2, 0.25) is 5.91 Å². The predicted octanol–water partition coefficient (Wildman–Crippen LogP) is 2.21. The monoisotopic (exact) mass is 287 g/mol. The van der Waals surface area contributed by atoms with Crippen LogP contribution in [0, 0.1) is 11.8 Å². The molecule has 3 rings (SSSR count). The molecule has 1 N–H and O–H groups in total. The van der Waals surface area contributed by atoms with Crippen molar-refractivity contribution >= 4 is 5.91 Å². The topological polar surface area (TPSA) is 45.2 Å². The number of likely N-dealkylation sites (tertiary alicyclic amines) is 1. The van der Waals surface area contributed by atoms with E-state index in [9.17, 15) is 4.79 Å². The summed E-state index contributed by atoms with van der Waals surface area (Å²) in [5.74, 6) is 1.32. The quantitative estimate of drug-likeness (QED) is 0.903. The molecule has 2 heterocycles. The molecule has 1 aromatic heterocycles. The van der Waals surface area contributed by atoms with Crippen LogP contribution in [0.25, 0.3) is 0 Å². The Bertz CT molecular complexity index is 472. The summed E-state index contributed by atoms with van der Waals surface area (Å²) in [6, 6.07) is 4.59. The van der Waals surface area contributed by atoms with Gasteiger partial charge in [-0.1, -0.05) is 19.4 Å². The highest BCUT2D eigenvalue weighted by molar-refractivity contribution is 5.81. The van der Waals surface area contributed by atoms with Crippen LogP contribution in [0.3, 0.4) is 0 Å². The standard InChI is InChI=1S/C17H25N3O/c1-2-14-12-20(17(21)15-5-6-15)9-7-16(14)19-11-13-4-3-8-18-10-13/h3-4,8,10,14-16,19H,2,5-7,9,11-12H2,1H3/t14-,16+/m0/s1. The molecule has 2 fully saturated rings. The molecule has 1 saturated heterocycles. The molecule has 0 unspecified atom stereocenters. The minimum Gasteiger partial charge on any atom is -0.342 e. The first-order valence-electron chi connectivity index (χ1n) is 8.19. The number of nitrogens with one attached hydrogen (secondary N) is 1. The fraction of sp³-hybridized carbons (Fsp3) is 0.647. The minimum absolute atomic E-state index is 0.349. The molecular weight excluding hydrogens is 262 g/mol. The Morgan fingerprint density at radius 3 is 2.95 bits per heavy atom. The smallest absolute Gasteiger partial charge is 0.225 e. The highest BCUT2D eigenvalue weighted by Crippen LogP contribution is 2.33. The van der Waals surface area contributed by atoms with Crippen LogP contribution in [-0.4, -0.2) is 34.9 Å². The van der Waals surface area contributed by atoms with Crippen LogP contribution in [-0.2, 0) is 11.3 Å². The van der Waals surface area contributed by atoms with E-state index in [1.54, 1.807) is 6.20 Å². The van der Waals surface area contributed by atoms with Gasteiger partial charge in [0.05, 0.1) is 0 Å². The van der Waals surface area contributed by atoms with Gasteiger partial charge in [0.15, 0.2) is 0 Å². The fourth-order valence-electron chi connectivity index (χ4n) is 3.25. The molecule has 2 aliphatic rings. The molecule has 4 nitrogen and oxygen atoms in total. The zero-order valence-electron chi connectivity index (χ0n) is 12.8. The number of nitrogens with zero attached hydrogens (tertiary/aromatic N) is 2. The second kappa shape index (κ2) is 6.56. The molecule has 0 bridgehead atoms. The maximum absolute atomic E-state index is 12.2.